The molecule has 4 N–H and O–H groups in total. The number of nitrogen functional groups attached to an aromatic ring is 1. The minimum Gasteiger partial charge on any atom is -0.507 e. The number of phenols is 1. The fraction of sp³-hybridized carbons (Fsp3) is 0.457. The highest BCUT2D eigenvalue weighted by molar-refractivity contribution is 6.06. The van der Waals surface area contributed by atoms with E-state index < -0.39 is 6.03 Å². The molecule has 4 saturated heterocycles. The summed E-state index contributed by atoms with van der Waals surface area (Å²) >= 11 is 0. The van der Waals surface area contributed by atoms with E-state index in [1.807, 2.05) is 36.4 Å². The molecule has 10 rings (SSSR count). The molecule has 5 aromatic rings. The van der Waals surface area contributed by atoms with Gasteiger partial charge in [0, 0.05) is 79.6 Å². The first kappa shape index (κ1) is 39.2. The zero-order chi connectivity index (χ0) is 41.8. The maximum Gasteiger partial charge on any atom is 0.328 e. The van der Waals surface area contributed by atoms with Crippen LogP contribution in [0.1, 0.15) is 69.4 Å². The molecule has 5 fully saturated rings. The number of halogens is 1. The number of fused-ring (bicyclic) bond motifs is 3. The number of amides is 3. The lowest BCUT2D eigenvalue weighted by molar-refractivity contribution is -0.120. The molecule has 14 nitrogen and oxygen atoms in total. The number of aromatic hydroxyl groups is 1. The van der Waals surface area contributed by atoms with Crippen LogP contribution in [0.3, 0.4) is 0 Å². The molecule has 2 atom stereocenters. The van der Waals surface area contributed by atoms with Crippen LogP contribution < -0.4 is 30.5 Å². The number of aromatic nitrogens is 4. The fourth-order valence-electron chi connectivity index (χ4n) is 10.8. The van der Waals surface area contributed by atoms with E-state index in [0.29, 0.717) is 53.1 Å². The van der Waals surface area contributed by atoms with Gasteiger partial charge in [-0.25, -0.2) is 14.2 Å². The smallest absolute Gasteiger partial charge is 0.328 e. The van der Waals surface area contributed by atoms with Crippen molar-refractivity contribution in [3.05, 3.63) is 78.4 Å². The predicted octanol–water partition coefficient (Wildman–Crippen LogP) is 6.81. The Morgan fingerprint density at radius 2 is 1.69 bits per heavy atom. The zero-order valence-corrected chi connectivity index (χ0v) is 34.6. The molecule has 2 unspecified atom stereocenters. The highest BCUT2D eigenvalue weighted by Gasteiger charge is 2.42. The third-order valence-corrected chi connectivity index (χ3v) is 14.2. The first-order valence-corrected chi connectivity index (χ1v) is 21.8. The van der Waals surface area contributed by atoms with Crippen LogP contribution in [-0.2, 0) is 4.79 Å². The molecule has 2 bridgehead atoms. The van der Waals surface area contributed by atoms with E-state index in [1.54, 1.807) is 23.2 Å². The maximum atomic E-state index is 15.2. The molecular formula is C46H53FN10O4. The van der Waals surface area contributed by atoms with Crippen molar-refractivity contribution in [3.63, 3.8) is 0 Å². The molecule has 1 spiro atoms. The summed E-state index contributed by atoms with van der Waals surface area (Å²) in [5.41, 5.74) is 12.5. The van der Waals surface area contributed by atoms with Crippen LogP contribution in [0.25, 0.3) is 22.3 Å². The summed E-state index contributed by atoms with van der Waals surface area (Å²) in [5, 5.41) is 22.4. The van der Waals surface area contributed by atoms with Crippen LogP contribution in [0.4, 0.5) is 32.1 Å². The highest BCUT2D eigenvalue weighted by Crippen LogP contribution is 2.48. The number of piperidine rings is 1. The number of anilines is 4. The molecule has 2 aromatic carbocycles. The summed E-state index contributed by atoms with van der Waals surface area (Å²) in [6, 6.07) is 16.7. The number of hydrogen-bond donors (Lipinski definition) is 3. The zero-order valence-electron chi connectivity index (χ0n) is 34.6. The van der Waals surface area contributed by atoms with Crippen molar-refractivity contribution in [1.82, 2.24) is 30.0 Å². The molecule has 4 aliphatic heterocycles. The third kappa shape index (κ3) is 7.46. The van der Waals surface area contributed by atoms with Gasteiger partial charge >= 0.3 is 6.03 Å². The number of para-hydroxylation sites is 1. The molecule has 3 aromatic heterocycles. The average molecular weight is 829 g/mol. The minimum atomic E-state index is -0.395. The molecule has 15 heteroatoms. The predicted molar refractivity (Wildman–Crippen MR) is 233 cm³/mol. The minimum absolute atomic E-state index is 0.146. The fourth-order valence-corrected chi connectivity index (χ4v) is 10.8. The largest absolute Gasteiger partial charge is 0.507 e. The summed E-state index contributed by atoms with van der Waals surface area (Å²) in [6.45, 7) is 7.15. The van der Waals surface area contributed by atoms with Crippen molar-refractivity contribution < 1.29 is 23.8 Å². The number of pyridine rings is 1. The van der Waals surface area contributed by atoms with Crippen molar-refractivity contribution >= 4 is 45.9 Å². The summed E-state index contributed by atoms with van der Waals surface area (Å²) in [6.07, 6.45) is 13.2. The van der Waals surface area contributed by atoms with E-state index in [4.69, 9.17) is 15.5 Å². The number of aryl methyl sites for hydroxylation is 1. The van der Waals surface area contributed by atoms with Gasteiger partial charge in [0.05, 0.1) is 23.3 Å². The van der Waals surface area contributed by atoms with E-state index in [-0.39, 0.29) is 36.0 Å². The Morgan fingerprint density at radius 3 is 2.44 bits per heavy atom. The van der Waals surface area contributed by atoms with Crippen molar-refractivity contribution in [1.29, 1.82) is 0 Å². The summed E-state index contributed by atoms with van der Waals surface area (Å²) < 4.78 is 23.7. The van der Waals surface area contributed by atoms with Gasteiger partial charge in [0.15, 0.2) is 17.4 Å². The summed E-state index contributed by atoms with van der Waals surface area (Å²) in [4.78, 5) is 37.7. The van der Waals surface area contributed by atoms with Gasteiger partial charge in [-0.05, 0) is 119 Å². The number of nitrogens with two attached hydrogens (primary N) is 1. The molecule has 0 radical (unpaired) electrons. The van der Waals surface area contributed by atoms with Gasteiger partial charge in [-0.1, -0.05) is 12.1 Å². The van der Waals surface area contributed by atoms with Crippen LogP contribution in [0.2, 0.25) is 0 Å². The second-order valence-corrected chi connectivity index (χ2v) is 17.8. The topological polar surface area (TPSA) is 158 Å². The Bertz CT molecular complexity index is 2460. The number of urea groups is 1. The van der Waals surface area contributed by atoms with Gasteiger partial charge in [0.1, 0.15) is 18.0 Å². The SMILES string of the molecule is Cc1cn(C2CCC3(CC2)CCN(CCOc2cc(N4C5CCC4CN(c4cc(-c6ccccc6O)nnc4N)C5)ccc2F)CC3)c2ncc(N3CCC(=O)NC3=O)cc12. The molecule has 61 heavy (non-hydrogen) atoms. The summed E-state index contributed by atoms with van der Waals surface area (Å²) in [5.74, 6) is 0.219. The number of nitrogens with one attached hydrogen (secondary N) is 1. The Morgan fingerprint density at radius 1 is 0.918 bits per heavy atom. The van der Waals surface area contributed by atoms with Crippen molar-refractivity contribution in [2.75, 3.05) is 66.3 Å². The number of rotatable bonds is 9. The lowest BCUT2D eigenvalue weighted by atomic mass is 9.67. The van der Waals surface area contributed by atoms with Crippen LogP contribution in [0, 0.1) is 18.2 Å². The normalized spacial score (nSPS) is 22.0. The molecular weight excluding hydrogens is 776 g/mol. The number of benzene rings is 2. The average Bonchev–Trinajstić information content (AvgIpc) is 3.73. The van der Waals surface area contributed by atoms with E-state index in [2.05, 4.69) is 47.9 Å². The first-order chi connectivity index (χ1) is 29.6. The van der Waals surface area contributed by atoms with E-state index in [0.717, 1.165) is 99.2 Å². The Kier molecular flexibility index (Phi) is 10.2. The number of piperazine rings is 1. The molecule has 318 valence electrons. The second-order valence-electron chi connectivity index (χ2n) is 17.8. The quantitative estimate of drug-likeness (QED) is 0.143. The Hall–Kier alpha value is -5.96. The van der Waals surface area contributed by atoms with E-state index >= 15 is 4.39 Å². The summed E-state index contributed by atoms with van der Waals surface area (Å²) in [7, 11) is 0. The van der Waals surface area contributed by atoms with Gasteiger partial charge in [0.2, 0.25) is 5.91 Å². The number of ether oxygens (including phenoxy) is 1. The lowest BCUT2D eigenvalue weighted by Crippen LogP contribution is -2.54. The van der Waals surface area contributed by atoms with Crippen LogP contribution in [0.5, 0.6) is 11.5 Å². The van der Waals surface area contributed by atoms with Gasteiger partial charge in [-0.3, -0.25) is 19.9 Å². The van der Waals surface area contributed by atoms with Crippen molar-refractivity contribution in [3.8, 4) is 22.8 Å². The monoisotopic (exact) mass is 828 g/mol. The Balaban J connectivity index is 0.719. The number of carbonyl (C=O) groups excluding carboxylic acids is 2. The number of nitrogens with zero attached hydrogens (tertiary/aromatic N) is 8. The van der Waals surface area contributed by atoms with Crippen molar-refractivity contribution in [2.45, 2.75) is 82.8 Å². The van der Waals surface area contributed by atoms with Crippen LogP contribution >= 0.6 is 0 Å². The highest BCUT2D eigenvalue weighted by atomic mass is 19.1. The third-order valence-electron chi connectivity index (χ3n) is 14.2. The Labute approximate surface area is 354 Å². The molecule has 3 amide bonds. The standard InChI is InChI=1S/C46H53FN10O4/c1-29-26-56(44-36(29)22-34(25-49-44)55-17-12-42(59)50-45(55)60)30-10-13-46(14-11-30)15-18-53(19-16-46)20-21-61-41-23-31(8-9-37(41)47)57-32-6-7-33(57)28-54(27-32)39-24-38(51-52-43(39)48)35-4-2-3-5-40(35)58/h2-5,8-9,22-26,30,32-33,58H,6-7,10-21,27-28H2,1H3,(H2,48,52)(H,50,59,60). The number of imide groups is 1. The number of phenolic OH excluding ortho intramolecular Hbond substituents is 1. The van der Waals surface area contributed by atoms with Gasteiger partial charge < -0.3 is 29.9 Å². The molecule has 1 aliphatic carbocycles. The van der Waals surface area contributed by atoms with Crippen LogP contribution in [-0.4, -0.2) is 99.7 Å². The molecule has 5 aliphatic rings. The number of carbonyl (C=O) groups is 2. The van der Waals surface area contributed by atoms with Gasteiger partial charge in [-0.15, -0.1) is 10.2 Å². The lowest BCUT2D eigenvalue weighted by Gasteiger charge is -2.46. The second kappa shape index (κ2) is 15.8. The van der Waals surface area contributed by atoms with E-state index in [9.17, 15) is 14.7 Å². The first-order valence-electron chi connectivity index (χ1n) is 21.8. The van der Waals surface area contributed by atoms with Crippen LogP contribution in [0.15, 0.2) is 67.0 Å². The number of likely N-dealkylation sites (tertiary alicyclic amines) is 1. The van der Waals surface area contributed by atoms with Crippen molar-refractivity contribution in [2.24, 2.45) is 5.41 Å². The van der Waals surface area contributed by atoms with Gasteiger partial charge in [0.25, 0.3) is 0 Å². The number of hydrogen-bond acceptors (Lipinski definition) is 11. The molecule has 7 heterocycles. The van der Waals surface area contributed by atoms with Gasteiger partial charge in [-0.2, -0.15) is 0 Å². The van der Waals surface area contributed by atoms with E-state index in [1.165, 1.54) is 18.9 Å². The maximum absolute atomic E-state index is 15.2. The molecule has 1 saturated carbocycles.